The highest BCUT2D eigenvalue weighted by Crippen LogP contribution is 2.43. The monoisotopic (exact) mass is 463 g/mol. The van der Waals surface area contributed by atoms with Crippen molar-refractivity contribution in [1.29, 1.82) is 5.26 Å². The van der Waals surface area contributed by atoms with E-state index in [9.17, 15) is 4.39 Å². The molecule has 2 fully saturated rings. The van der Waals surface area contributed by atoms with Crippen molar-refractivity contribution < 1.29 is 4.39 Å². The Balaban J connectivity index is 1.24. The third kappa shape index (κ3) is 9.40. The number of benzene rings is 1. The lowest BCUT2D eigenvalue weighted by molar-refractivity contribution is 0.140. The van der Waals surface area contributed by atoms with E-state index >= 15 is 0 Å². The van der Waals surface area contributed by atoms with Crippen LogP contribution in [0.15, 0.2) is 48.3 Å². The molecule has 0 aromatic heterocycles. The summed E-state index contributed by atoms with van der Waals surface area (Å²) in [4.78, 5) is 0. The molecule has 1 nitrogen and oxygen atoms in total. The Morgan fingerprint density at radius 2 is 1.41 bits per heavy atom. The van der Waals surface area contributed by atoms with Crippen LogP contribution in [0, 0.1) is 35.0 Å². The summed E-state index contributed by atoms with van der Waals surface area (Å²) >= 11 is 0. The van der Waals surface area contributed by atoms with Gasteiger partial charge in [-0.25, -0.2) is 0 Å². The third-order valence-electron chi connectivity index (χ3n) is 8.57. The molecule has 2 heteroatoms. The van der Waals surface area contributed by atoms with Crippen LogP contribution in [0.5, 0.6) is 0 Å². The smallest absolute Gasteiger partial charge is 0.195 e. The minimum atomic E-state index is -0.709. The maximum Gasteiger partial charge on any atom is 0.199 e. The van der Waals surface area contributed by atoms with Gasteiger partial charge >= 0.3 is 0 Å². The van der Waals surface area contributed by atoms with E-state index in [0.29, 0.717) is 0 Å². The van der Waals surface area contributed by atoms with Gasteiger partial charge in [0.25, 0.3) is 0 Å². The van der Waals surface area contributed by atoms with Gasteiger partial charge in [0.15, 0.2) is 5.83 Å². The first-order valence-electron chi connectivity index (χ1n) is 14.2. The summed E-state index contributed by atoms with van der Waals surface area (Å²) in [6.45, 7) is 2.25. The zero-order valence-corrected chi connectivity index (χ0v) is 21.5. The predicted octanol–water partition coefficient (Wildman–Crippen LogP) is 9.68. The molecule has 0 radical (unpaired) electrons. The standard InChI is InChI=1S/C32H46FN/c1-2-8-26-13-15-27(16-14-26)10-6-7-11-29-19-23-31(24-20-29)30-21-17-28(18-22-30)9-4-3-5-12-32(33)25-34/h3,5,12-16,28-31H,2,4,6-11,17-24H2,1H3/t28-,29-,30-,31-. The Labute approximate surface area is 208 Å². The number of hydrogen-bond acceptors (Lipinski definition) is 1. The lowest BCUT2D eigenvalue weighted by Crippen LogP contribution is -2.25. The van der Waals surface area contributed by atoms with Crippen molar-refractivity contribution in [3.05, 3.63) is 59.4 Å². The number of nitrogens with zero attached hydrogens (tertiary/aromatic N) is 1. The van der Waals surface area contributed by atoms with Crippen LogP contribution in [-0.4, -0.2) is 0 Å². The van der Waals surface area contributed by atoms with Gasteiger partial charge in [-0.2, -0.15) is 9.65 Å². The largest absolute Gasteiger partial charge is 0.199 e. The van der Waals surface area contributed by atoms with E-state index in [1.807, 2.05) is 6.08 Å². The second kappa shape index (κ2) is 15.2. The molecule has 1 aromatic carbocycles. The van der Waals surface area contributed by atoms with Gasteiger partial charge in [-0.1, -0.05) is 88.3 Å². The van der Waals surface area contributed by atoms with E-state index in [-0.39, 0.29) is 0 Å². The van der Waals surface area contributed by atoms with E-state index in [2.05, 4.69) is 31.2 Å². The minimum Gasteiger partial charge on any atom is -0.195 e. The Hall–Kier alpha value is -1.88. The molecule has 0 heterocycles. The highest BCUT2D eigenvalue weighted by molar-refractivity contribution is 5.22. The summed E-state index contributed by atoms with van der Waals surface area (Å²) in [5, 5.41) is 8.42. The average Bonchev–Trinajstić information content (AvgIpc) is 2.88. The normalized spacial score (nSPS) is 26.0. The van der Waals surface area contributed by atoms with Crippen molar-refractivity contribution in [2.24, 2.45) is 23.7 Å². The van der Waals surface area contributed by atoms with Gasteiger partial charge in [-0.05, 0) is 98.7 Å². The molecule has 1 aromatic rings. The Kier molecular flexibility index (Phi) is 11.9. The van der Waals surface area contributed by atoms with E-state index < -0.39 is 5.83 Å². The molecule has 2 saturated carbocycles. The fourth-order valence-electron chi connectivity index (χ4n) is 6.44. The van der Waals surface area contributed by atoms with Crippen LogP contribution in [0.1, 0.15) is 108 Å². The van der Waals surface area contributed by atoms with Crippen molar-refractivity contribution in [1.82, 2.24) is 0 Å². The summed E-state index contributed by atoms with van der Waals surface area (Å²) < 4.78 is 12.8. The number of aryl methyl sites for hydroxylation is 2. The zero-order chi connectivity index (χ0) is 24.0. The Morgan fingerprint density at radius 3 is 1.97 bits per heavy atom. The molecule has 0 atom stereocenters. The molecule has 34 heavy (non-hydrogen) atoms. The number of rotatable bonds is 12. The number of hydrogen-bond donors (Lipinski definition) is 0. The van der Waals surface area contributed by atoms with Crippen LogP contribution in [0.4, 0.5) is 4.39 Å². The topological polar surface area (TPSA) is 23.8 Å². The summed E-state index contributed by atoms with van der Waals surface area (Å²) in [5.41, 5.74) is 2.99. The second-order valence-corrected chi connectivity index (χ2v) is 11.0. The lowest BCUT2D eigenvalue weighted by Gasteiger charge is -2.38. The summed E-state index contributed by atoms with van der Waals surface area (Å²) in [6, 6.07) is 10.8. The number of allylic oxidation sites excluding steroid dienone is 4. The highest BCUT2D eigenvalue weighted by Gasteiger charge is 2.30. The average molecular weight is 464 g/mol. The first-order valence-corrected chi connectivity index (χ1v) is 14.2. The van der Waals surface area contributed by atoms with E-state index in [1.54, 1.807) is 6.08 Å². The number of halogens is 1. The maximum absolute atomic E-state index is 12.8. The van der Waals surface area contributed by atoms with E-state index in [1.165, 1.54) is 120 Å². The van der Waals surface area contributed by atoms with Crippen LogP contribution in [0.3, 0.4) is 0 Å². The molecule has 0 saturated heterocycles. The van der Waals surface area contributed by atoms with E-state index in [0.717, 1.165) is 30.1 Å². The minimum absolute atomic E-state index is 0.709. The molecule has 186 valence electrons. The quantitative estimate of drug-likeness (QED) is 0.172. The van der Waals surface area contributed by atoms with Crippen molar-refractivity contribution in [2.45, 2.75) is 110 Å². The first kappa shape index (κ1) is 26.7. The lowest BCUT2D eigenvalue weighted by atomic mass is 9.68. The SMILES string of the molecule is CCCc1ccc(CCCC[C@H]2CC[C@H]([C@H]3CC[C@H](CCC=CC=C(F)C#N)CC3)CC2)cc1. The van der Waals surface area contributed by atoms with Crippen molar-refractivity contribution in [3.63, 3.8) is 0 Å². The van der Waals surface area contributed by atoms with Crippen LogP contribution >= 0.6 is 0 Å². The zero-order valence-electron chi connectivity index (χ0n) is 21.5. The molecule has 0 aliphatic heterocycles. The van der Waals surface area contributed by atoms with Crippen molar-refractivity contribution in [3.8, 4) is 6.07 Å². The van der Waals surface area contributed by atoms with Gasteiger partial charge in [0.05, 0.1) is 0 Å². The van der Waals surface area contributed by atoms with Gasteiger partial charge < -0.3 is 0 Å². The van der Waals surface area contributed by atoms with Crippen molar-refractivity contribution in [2.75, 3.05) is 0 Å². The molecule has 2 aliphatic rings. The molecule has 0 bridgehead atoms. The van der Waals surface area contributed by atoms with Gasteiger partial charge in [0.1, 0.15) is 6.07 Å². The maximum atomic E-state index is 12.8. The Bertz CT molecular complexity index is 783. The molecular weight excluding hydrogens is 417 g/mol. The molecule has 0 N–H and O–H groups in total. The van der Waals surface area contributed by atoms with Crippen LogP contribution in [-0.2, 0) is 12.8 Å². The van der Waals surface area contributed by atoms with Gasteiger partial charge in [-0.3, -0.25) is 0 Å². The van der Waals surface area contributed by atoms with Crippen LogP contribution < -0.4 is 0 Å². The molecule has 2 aliphatic carbocycles. The van der Waals surface area contributed by atoms with Crippen molar-refractivity contribution >= 4 is 0 Å². The second-order valence-electron chi connectivity index (χ2n) is 11.0. The number of unbranched alkanes of at least 4 members (excludes halogenated alkanes) is 1. The van der Waals surface area contributed by atoms with E-state index in [4.69, 9.17) is 5.26 Å². The molecule has 0 spiro atoms. The summed E-state index contributed by atoms with van der Waals surface area (Å²) in [7, 11) is 0. The van der Waals surface area contributed by atoms with Gasteiger partial charge in [-0.15, -0.1) is 0 Å². The molecule has 0 unspecified atom stereocenters. The predicted molar refractivity (Wildman–Crippen MR) is 142 cm³/mol. The van der Waals surface area contributed by atoms with Crippen LogP contribution in [0.2, 0.25) is 0 Å². The first-order chi connectivity index (χ1) is 16.7. The van der Waals surface area contributed by atoms with Gasteiger partial charge in [0, 0.05) is 0 Å². The molecular formula is C32H46FN. The summed E-state index contributed by atoms with van der Waals surface area (Å²) in [6.07, 6.45) is 26.5. The fraction of sp³-hybridized carbons (Fsp3) is 0.656. The van der Waals surface area contributed by atoms with Crippen LogP contribution in [0.25, 0.3) is 0 Å². The fourth-order valence-corrected chi connectivity index (χ4v) is 6.44. The Morgan fingerprint density at radius 1 is 0.853 bits per heavy atom. The summed E-state index contributed by atoms with van der Waals surface area (Å²) in [5.74, 6) is 3.06. The number of nitriles is 1. The third-order valence-corrected chi connectivity index (χ3v) is 8.57. The highest BCUT2D eigenvalue weighted by atomic mass is 19.1. The molecule has 3 rings (SSSR count). The van der Waals surface area contributed by atoms with Gasteiger partial charge in [0.2, 0.25) is 0 Å². The molecule has 0 amide bonds.